The van der Waals surface area contributed by atoms with E-state index in [-0.39, 0.29) is 36.7 Å². The summed E-state index contributed by atoms with van der Waals surface area (Å²) in [7, 11) is 4.34. The Labute approximate surface area is 176 Å². The number of nitrogens with one attached hydrogen (secondary N) is 1. The van der Waals surface area contributed by atoms with Gasteiger partial charge in [0.1, 0.15) is 6.54 Å². The maximum absolute atomic E-state index is 12.4. The summed E-state index contributed by atoms with van der Waals surface area (Å²) in [4.78, 5) is 38.6. The molecule has 2 amide bonds. The van der Waals surface area contributed by atoms with Gasteiger partial charge >= 0.3 is 5.97 Å². The third-order valence-electron chi connectivity index (χ3n) is 5.16. The molecule has 2 rings (SSSR count). The lowest BCUT2D eigenvalue weighted by Gasteiger charge is -2.38. The second kappa shape index (κ2) is 10.7. The van der Waals surface area contributed by atoms with Gasteiger partial charge in [0.2, 0.25) is 5.75 Å². The number of rotatable bonds is 8. The number of amides is 2. The molecule has 9 nitrogen and oxygen atoms in total. The van der Waals surface area contributed by atoms with Crippen LogP contribution in [0.15, 0.2) is 12.1 Å². The first kappa shape index (κ1) is 23.3. The van der Waals surface area contributed by atoms with Crippen molar-refractivity contribution in [2.45, 2.75) is 45.2 Å². The minimum Gasteiger partial charge on any atom is -0.493 e. The highest BCUT2D eigenvalue weighted by Crippen LogP contribution is 2.38. The fourth-order valence-electron chi connectivity index (χ4n) is 3.65. The summed E-state index contributed by atoms with van der Waals surface area (Å²) in [6.07, 6.45) is 2.96. The van der Waals surface area contributed by atoms with Gasteiger partial charge in [0, 0.05) is 17.6 Å². The third-order valence-corrected chi connectivity index (χ3v) is 5.16. The van der Waals surface area contributed by atoms with Gasteiger partial charge in [-0.2, -0.15) is 0 Å². The number of likely N-dealkylation sites (tertiary alicyclic amines) is 1. The highest BCUT2D eigenvalue weighted by molar-refractivity contribution is 5.97. The number of hydrogen-bond donors (Lipinski definition) is 1. The normalized spacial score (nSPS) is 18.4. The van der Waals surface area contributed by atoms with Crippen molar-refractivity contribution in [3.63, 3.8) is 0 Å². The zero-order chi connectivity index (χ0) is 22.3. The van der Waals surface area contributed by atoms with Gasteiger partial charge in [0.15, 0.2) is 18.1 Å². The zero-order valence-corrected chi connectivity index (χ0v) is 18.1. The number of carbonyl (C=O) groups excluding carboxylic acids is 3. The average molecular weight is 422 g/mol. The maximum Gasteiger partial charge on any atom is 0.325 e. The monoisotopic (exact) mass is 422 g/mol. The van der Waals surface area contributed by atoms with E-state index in [1.807, 2.05) is 13.8 Å². The Bertz CT molecular complexity index is 746. The summed E-state index contributed by atoms with van der Waals surface area (Å²) in [5.74, 6) is -0.438. The second-order valence-electron chi connectivity index (χ2n) is 7.19. The van der Waals surface area contributed by atoms with E-state index in [1.165, 1.54) is 33.5 Å². The summed E-state index contributed by atoms with van der Waals surface area (Å²) in [6.45, 7) is 3.28. The largest absolute Gasteiger partial charge is 0.493 e. The Hall–Kier alpha value is -2.97. The van der Waals surface area contributed by atoms with Gasteiger partial charge in [-0.25, -0.2) is 0 Å². The molecule has 0 aromatic heterocycles. The van der Waals surface area contributed by atoms with Gasteiger partial charge in [-0.3, -0.25) is 14.4 Å². The van der Waals surface area contributed by atoms with Crippen LogP contribution in [0.5, 0.6) is 17.2 Å². The van der Waals surface area contributed by atoms with Crippen LogP contribution < -0.4 is 19.5 Å². The van der Waals surface area contributed by atoms with E-state index in [9.17, 15) is 14.4 Å². The molecule has 1 aliphatic rings. The summed E-state index contributed by atoms with van der Waals surface area (Å²) in [6, 6.07) is 3.20. The molecule has 0 unspecified atom stereocenters. The first-order chi connectivity index (χ1) is 14.3. The fourth-order valence-corrected chi connectivity index (χ4v) is 3.65. The van der Waals surface area contributed by atoms with Crippen LogP contribution in [0.25, 0.3) is 0 Å². The number of nitrogens with zero attached hydrogens (tertiary/aromatic N) is 1. The molecule has 9 heteroatoms. The molecule has 166 valence electrons. The van der Waals surface area contributed by atoms with Crippen molar-refractivity contribution < 1.29 is 33.3 Å². The first-order valence-corrected chi connectivity index (χ1v) is 9.87. The van der Waals surface area contributed by atoms with E-state index < -0.39 is 11.9 Å². The molecule has 2 atom stereocenters. The van der Waals surface area contributed by atoms with Gasteiger partial charge in [0.25, 0.3) is 11.8 Å². The molecule has 1 aliphatic heterocycles. The van der Waals surface area contributed by atoms with Crippen LogP contribution in [0.3, 0.4) is 0 Å². The SMILES string of the molecule is COc1cc(C(=O)NCC(=O)OCC(=O)N2[C@H](C)CCC[C@H]2C)cc(OC)c1OC. The Morgan fingerprint density at radius 3 is 2.07 bits per heavy atom. The Balaban J connectivity index is 1.90. The minimum atomic E-state index is -0.693. The molecule has 1 aromatic rings. The van der Waals surface area contributed by atoms with Crippen LogP contribution >= 0.6 is 0 Å². The number of methoxy groups -OCH3 is 3. The Kier molecular flexibility index (Phi) is 8.32. The number of piperidine rings is 1. The van der Waals surface area contributed by atoms with Crippen molar-refractivity contribution in [2.75, 3.05) is 34.5 Å². The average Bonchev–Trinajstić information content (AvgIpc) is 2.74. The molecule has 30 heavy (non-hydrogen) atoms. The molecule has 1 fully saturated rings. The number of carbonyl (C=O) groups is 3. The van der Waals surface area contributed by atoms with Crippen molar-refractivity contribution in [3.05, 3.63) is 17.7 Å². The predicted octanol–water partition coefficient (Wildman–Crippen LogP) is 1.77. The molecule has 1 aromatic carbocycles. The van der Waals surface area contributed by atoms with Crippen LogP contribution in [0.2, 0.25) is 0 Å². The minimum absolute atomic E-state index is 0.125. The molecule has 0 radical (unpaired) electrons. The van der Waals surface area contributed by atoms with Gasteiger partial charge in [-0.05, 0) is 45.2 Å². The van der Waals surface area contributed by atoms with Crippen molar-refractivity contribution in [3.8, 4) is 17.2 Å². The molecule has 0 saturated carbocycles. The summed E-state index contributed by atoms with van der Waals surface area (Å²) < 4.78 is 20.7. The molecule has 1 N–H and O–H groups in total. The van der Waals surface area contributed by atoms with Crippen LogP contribution in [0.1, 0.15) is 43.5 Å². The number of ether oxygens (including phenoxy) is 4. The van der Waals surface area contributed by atoms with Gasteiger partial charge in [-0.1, -0.05) is 0 Å². The molecular weight excluding hydrogens is 392 g/mol. The lowest BCUT2D eigenvalue weighted by Crippen LogP contribution is -2.49. The van der Waals surface area contributed by atoms with Crippen LogP contribution in [-0.4, -0.2) is 69.2 Å². The fraction of sp³-hybridized carbons (Fsp3) is 0.571. The summed E-state index contributed by atoms with van der Waals surface area (Å²) >= 11 is 0. The van der Waals surface area contributed by atoms with E-state index in [4.69, 9.17) is 18.9 Å². The third kappa shape index (κ3) is 5.55. The summed E-state index contributed by atoms with van der Waals surface area (Å²) in [5, 5.41) is 2.47. The van der Waals surface area contributed by atoms with Crippen molar-refractivity contribution in [1.82, 2.24) is 10.2 Å². The second-order valence-corrected chi connectivity index (χ2v) is 7.19. The molecule has 0 spiro atoms. The van der Waals surface area contributed by atoms with E-state index in [0.717, 1.165) is 19.3 Å². The predicted molar refractivity (Wildman–Crippen MR) is 109 cm³/mol. The molecular formula is C21H30N2O7. The highest BCUT2D eigenvalue weighted by atomic mass is 16.5. The summed E-state index contributed by atoms with van der Waals surface area (Å²) in [5.41, 5.74) is 0.226. The number of hydrogen-bond acceptors (Lipinski definition) is 7. The van der Waals surface area contributed by atoms with Gasteiger partial charge in [0.05, 0.1) is 21.3 Å². The molecule has 0 bridgehead atoms. The lowest BCUT2D eigenvalue weighted by molar-refractivity contribution is -0.154. The zero-order valence-electron chi connectivity index (χ0n) is 18.1. The number of esters is 1. The number of benzene rings is 1. The first-order valence-electron chi connectivity index (χ1n) is 9.87. The van der Waals surface area contributed by atoms with Crippen LogP contribution in [0.4, 0.5) is 0 Å². The van der Waals surface area contributed by atoms with Crippen molar-refractivity contribution >= 4 is 17.8 Å². The van der Waals surface area contributed by atoms with E-state index in [0.29, 0.717) is 17.2 Å². The topological polar surface area (TPSA) is 103 Å². The van der Waals surface area contributed by atoms with Crippen molar-refractivity contribution in [2.24, 2.45) is 0 Å². The van der Waals surface area contributed by atoms with Crippen LogP contribution in [0, 0.1) is 0 Å². The Morgan fingerprint density at radius 2 is 1.57 bits per heavy atom. The Morgan fingerprint density at radius 1 is 1.00 bits per heavy atom. The maximum atomic E-state index is 12.4. The smallest absolute Gasteiger partial charge is 0.325 e. The lowest BCUT2D eigenvalue weighted by atomic mass is 9.97. The van der Waals surface area contributed by atoms with E-state index in [2.05, 4.69) is 5.32 Å². The van der Waals surface area contributed by atoms with Crippen LogP contribution in [-0.2, 0) is 14.3 Å². The van der Waals surface area contributed by atoms with Crippen molar-refractivity contribution in [1.29, 1.82) is 0 Å². The highest BCUT2D eigenvalue weighted by Gasteiger charge is 2.29. The van der Waals surface area contributed by atoms with Gasteiger partial charge < -0.3 is 29.2 Å². The standard InChI is InChI=1S/C21H30N2O7/c1-13-7-6-8-14(2)23(13)18(24)12-30-19(25)11-22-21(26)15-9-16(27-3)20(29-5)17(10-15)28-4/h9-10,13-14H,6-8,11-12H2,1-5H3,(H,22,26)/t13-,14-/m1/s1. The van der Waals surface area contributed by atoms with E-state index in [1.54, 1.807) is 4.90 Å². The molecule has 1 saturated heterocycles. The molecule has 1 heterocycles. The van der Waals surface area contributed by atoms with Gasteiger partial charge in [-0.15, -0.1) is 0 Å². The van der Waals surface area contributed by atoms with E-state index >= 15 is 0 Å². The quantitative estimate of drug-likeness (QED) is 0.637. The molecule has 0 aliphatic carbocycles.